The van der Waals surface area contributed by atoms with Crippen LogP contribution in [0.2, 0.25) is 0 Å². The van der Waals surface area contributed by atoms with Gasteiger partial charge in [-0.1, -0.05) is 18.2 Å². The molecule has 3 rings (SSSR count). The molecule has 0 spiro atoms. The van der Waals surface area contributed by atoms with Gasteiger partial charge in [0.15, 0.2) is 0 Å². The number of nitrogens with zero attached hydrogens (tertiary/aromatic N) is 1. The Morgan fingerprint density at radius 2 is 1.63 bits per heavy atom. The molecular formula is C25H32F3N3O4. The summed E-state index contributed by atoms with van der Waals surface area (Å²) in [5.41, 5.74) is 4.33. The lowest BCUT2D eigenvalue weighted by atomic mass is 9.91. The number of carbonyl (C=O) groups excluding carboxylic acids is 1. The quantitative estimate of drug-likeness (QED) is 0.476. The third-order valence-electron chi connectivity index (χ3n) is 6.01. The number of alkyl halides is 3. The van der Waals surface area contributed by atoms with E-state index in [1.165, 1.54) is 31.2 Å². The Kier molecular flexibility index (Phi) is 10.5. The van der Waals surface area contributed by atoms with E-state index in [0.717, 1.165) is 35.5 Å². The molecule has 0 atom stereocenters. The number of benzene rings is 2. The second-order valence-electron chi connectivity index (χ2n) is 8.31. The molecule has 1 fully saturated rings. The van der Waals surface area contributed by atoms with Crippen molar-refractivity contribution in [1.29, 1.82) is 0 Å². The predicted molar refractivity (Wildman–Crippen MR) is 129 cm³/mol. The zero-order valence-electron chi connectivity index (χ0n) is 20.1. The van der Waals surface area contributed by atoms with E-state index in [9.17, 15) is 18.0 Å². The van der Waals surface area contributed by atoms with E-state index in [1.807, 2.05) is 30.3 Å². The van der Waals surface area contributed by atoms with Crippen molar-refractivity contribution in [1.82, 2.24) is 10.6 Å². The van der Waals surface area contributed by atoms with Crippen molar-refractivity contribution in [2.75, 3.05) is 26.1 Å². The second-order valence-corrected chi connectivity index (χ2v) is 8.31. The number of ether oxygens (including phenoxy) is 1. The number of amides is 1. The van der Waals surface area contributed by atoms with Crippen molar-refractivity contribution < 1.29 is 32.6 Å². The van der Waals surface area contributed by atoms with E-state index in [1.54, 1.807) is 19.1 Å². The number of hydrogen-bond donors (Lipinski definition) is 3. The molecule has 35 heavy (non-hydrogen) atoms. The van der Waals surface area contributed by atoms with Crippen LogP contribution in [0.1, 0.15) is 31.2 Å². The first-order chi connectivity index (χ1) is 16.6. The molecular weight excluding hydrogens is 463 g/mol. The minimum atomic E-state index is -5.08. The monoisotopic (exact) mass is 495 g/mol. The number of nitrogens with one attached hydrogen (secondary N) is 2. The first-order valence-corrected chi connectivity index (χ1v) is 11.2. The number of carbonyl (C=O) groups is 2. The van der Waals surface area contributed by atoms with Gasteiger partial charge >= 0.3 is 12.1 Å². The van der Waals surface area contributed by atoms with E-state index in [4.69, 9.17) is 14.6 Å². The molecule has 0 saturated heterocycles. The molecule has 0 aromatic heterocycles. The molecule has 2 aromatic rings. The molecule has 7 nitrogen and oxygen atoms in total. The Morgan fingerprint density at radius 3 is 2.11 bits per heavy atom. The summed E-state index contributed by atoms with van der Waals surface area (Å²) < 4.78 is 37.3. The van der Waals surface area contributed by atoms with E-state index in [2.05, 4.69) is 29.8 Å². The Morgan fingerprint density at radius 1 is 1.09 bits per heavy atom. The summed E-state index contributed by atoms with van der Waals surface area (Å²) in [7, 11) is 5.53. The average Bonchev–Trinajstić information content (AvgIpc) is 2.87. The minimum absolute atomic E-state index is 0.566. The van der Waals surface area contributed by atoms with Crippen LogP contribution in [0.4, 0.5) is 18.9 Å². The molecule has 0 radical (unpaired) electrons. The third-order valence-corrected chi connectivity index (χ3v) is 6.01. The topological polar surface area (TPSA) is 90.9 Å². The summed E-state index contributed by atoms with van der Waals surface area (Å²) in [5.74, 6) is -1.84. The SMILES string of the molecule is CNC1CCC(NCc2cc(-c3ccc(N(C)C=O)cc3)ccc2OC)CC1.O=C(O)C(F)(F)F. The summed E-state index contributed by atoms with van der Waals surface area (Å²) in [5, 5.41) is 14.2. The van der Waals surface area contributed by atoms with Crippen LogP contribution in [0.25, 0.3) is 11.1 Å². The Bertz CT molecular complexity index is 959. The van der Waals surface area contributed by atoms with Gasteiger partial charge in [0.2, 0.25) is 6.41 Å². The molecule has 10 heteroatoms. The van der Waals surface area contributed by atoms with E-state index >= 15 is 0 Å². The van der Waals surface area contributed by atoms with Gasteiger partial charge in [-0.3, -0.25) is 4.79 Å². The number of methoxy groups -OCH3 is 1. The van der Waals surface area contributed by atoms with Crippen LogP contribution in [0.15, 0.2) is 42.5 Å². The zero-order chi connectivity index (χ0) is 26.0. The fraction of sp³-hybridized carbons (Fsp3) is 0.440. The van der Waals surface area contributed by atoms with Crippen molar-refractivity contribution in [2.24, 2.45) is 0 Å². The van der Waals surface area contributed by atoms with Crippen LogP contribution in [0.5, 0.6) is 5.75 Å². The van der Waals surface area contributed by atoms with Gasteiger partial charge in [-0.2, -0.15) is 13.2 Å². The molecule has 1 aliphatic carbocycles. The summed E-state index contributed by atoms with van der Waals surface area (Å²) in [6.07, 6.45) is 0.606. The predicted octanol–water partition coefficient (Wildman–Crippen LogP) is 4.21. The Hall–Kier alpha value is -3.11. The summed E-state index contributed by atoms with van der Waals surface area (Å²) in [6.45, 7) is 0.803. The van der Waals surface area contributed by atoms with Crippen LogP contribution in [-0.4, -0.2) is 57.0 Å². The van der Waals surface area contributed by atoms with E-state index < -0.39 is 12.1 Å². The molecule has 192 valence electrons. The van der Waals surface area contributed by atoms with Gasteiger partial charge in [0, 0.05) is 36.9 Å². The standard InChI is InChI=1S/C23H31N3O2.C2HF3O2/c1-24-20-7-9-21(10-8-20)25-15-19-14-18(6-13-23(19)28-3)17-4-11-22(12-5-17)26(2)16-27;3-2(4,5)1(6)7/h4-6,11-14,16,20-21,24-25H,7-10,15H2,1-3H3;(H,6,7). The highest BCUT2D eigenvalue weighted by Crippen LogP contribution is 2.28. The molecule has 0 unspecified atom stereocenters. The Balaban J connectivity index is 0.000000540. The van der Waals surface area contributed by atoms with Gasteiger partial charge in [-0.15, -0.1) is 0 Å². The van der Waals surface area contributed by atoms with Crippen molar-refractivity contribution in [3.05, 3.63) is 48.0 Å². The van der Waals surface area contributed by atoms with Crippen LogP contribution in [-0.2, 0) is 16.1 Å². The number of hydrogen-bond acceptors (Lipinski definition) is 5. The maximum Gasteiger partial charge on any atom is 0.490 e. The summed E-state index contributed by atoms with van der Waals surface area (Å²) >= 11 is 0. The fourth-order valence-electron chi connectivity index (χ4n) is 3.89. The molecule has 1 saturated carbocycles. The fourth-order valence-corrected chi connectivity index (χ4v) is 3.89. The van der Waals surface area contributed by atoms with Gasteiger partial charge < -0.3 is 25.4 Å². The molecule has 0 bridgehead atoms. The van der Waals surface area contributed by atoms with Gasteiger partial charge in [-0.05, 0) is 68.1 Å². The third kappa shape index (κ3) is 8.56. The van der Waals surface area contributed by atoms with Crippen LogP contribution < -0.4 is 20.3 Å². The molecule has 0 aliphatic heterocycles. The minimum Gasteiger partial charge on any atom is -0.496 e. The van der Waals surface area contributed by atoms with Crippen molar-refractivity contribution in [3.8, 4) is 16.9 Å². The molecule has 1 aliphatic rings. The largest absolute Gasteiger partial charge is 0.496 e. The molecule has 2 aromatic carbocycles. The molecule has 3 N–H and O–H groups in total. The second kappa shape index (κ2) is 13.1. The lowest BCUT2D eigenvalue weighted by molar-refractivity contribution is -0.192. The molecule has 1 amide bonds. The maximum atomic E-state index is 10.9. The van der Waals surface area contributed by atoms with E-state index in [0.29, 0.717) is 12.1 Å². The molecule has 0 heterocycles. The highest BCUT2D eigenvalue weighted by Gasteiger charge is 2.38. The number of aliphatic carboxylic acids is 1. The number of rotatable bonds is 8. The number of halogens is 3. The summed E-state index contributed by atoms with van der Waals surface area (Å²) in [6, 6.07) is 15.6. The van der Waals surface area contributed by atoms with Crippen molar-refractivity contribution in [2.45, 2.75) is 50.5 Å². The number of anilines is 1. The first-order valence-electron chi connectivity index (χ1n) is 11.2. The lowest BCUT2D eigenvalue weighted by Gasteiger charge is -2.29. The number of carboxylic acid groups (broad SMARTS) is 1. The van der Waals surface area contributed by atoms with Crippen LogP contribution in [0.3, 0.4) is 0 Å². The highest BCUT2D eigenvalue weighted by atomic mass is 19.4. The highest BCUT2D eigenvalue weighted by molar-refractivity contribution is 5.76. The van der Waals surface area contributed by atoms with E-state index in [-0.39, 0.29) is 0 Å². The van der Waals surface area contributed by atoms with Gasteiger partial charge in [0.25, 0.3) is 0 Å². The smallest absolute Gasteiger partial charge is 0.490 e. The lowest BCUT2D eigenvalue weighted by Crippen LogP contribution is -2.38. The first kappa shape index (κ1) is 28.1. The normalized spacial score (nSPS) is 17.7. The Labute approximate surface area is 203 Å². The zero-order valence-corrected chi connectivity index (χ0v) is 20.1. The summed E-state index contributed by atoms with van der Waals surface area (Å²) in [4.78, 5) is 21.4. The van der Waals surface area contributed by atoms with Gasteiger partial charge in [0.05, 0.1) is 7.11 Å². The van der Waals surface area contributed by atoms with Crippen molar-refractivity contribution >= 4 is 18.1 Å². The van der Waals surface area contributed by atoms with Gasteiger partial charge in [0.1, 0.15) is 5.75 Å². The van der Waals surface area contributed by atoms with Crippen LogP contribution in [0, 0.1) is 0 Å². The van der Waals surface area contributed by atoms with Crippen LogP contribution >= 0.6 is 0 Å². The van der Waals surface area contributed by atoms with Crippen molar-refractivity contribution in [3.63, 3.8) is 0 Å². The maximum absolute atomic E-state index is 10.9. The number of carboxylic acids is 1. The van der Waals surface area contributed by atoms with Gasteiger partial charge in [-0.25, -0.2) is 4.79 Å². The average molecular weight is 496 g/mol.